The summed E-state index contributed by atoms with van der Waals surface area (Å²) < 4.78 is 12.3. The minimum Gasteiger partial charge on any atom is -0.494 e. The van der Waals surface area contributed by atoms with E-state index in [2.05, 4.69) is 29.1 Å². The lowest BCUT2D eigenvalue weighted by Crippen LogP contribution is -2.59. The van der Waals surface area contributed by atoms with Crippen molar-refractivity contribution in [1.29, 1.82) is 0 Å². The van der Waals surface area contributed by atoms with Gasteiger partial charge in [-0.3, -0.25) is 14.4 Å². The molecule has 3 unspecified atom stereocenters. The Labute approximate surface area is 273 Å². The standard InChI is InChI=1S/C35H42BrN3O6/c1-7-17-37(24-13-15-25(16-14-24)44-9-3)32(41)27-28-33(42)39(23(6)20-40)31(35(28)19-26(36)30(27)45-35)34(43)38(18-8-2)29-21(4)11-10-12-22(29)5/h7-8,10-16,23,26-28,30-31,40H,1-2,9,17-20H2,3-6H3/t23-,26?,27+,28+,30+,31?,35?/m1/s1. The highest BCUT2D eigenvalue weighted by Crippen LogP contribution is 2.61. The van der Waals surface area contributed by atoms with Crippen LogP contribution in [0.5, 0.6) is 5.75 Å². The summed E-state index contributed by atoms with van der Waals surface area (Å²) in [5.41, 5.74) is 1.92. The number of benzene rings is 2. The molecule has 2 aromatic carbocycles. The van der Waals surface area contributed by atoms with Crippen LogP contribution in [-0.2, 0) is 19.1 Å². The van der Waals surface area contributed by atoms with Crippen LogP contribution in [0.4, 0.5) is 11.4 Å². The smallest absolute Gasteiger partial charge is 0.253 e. The summed E-state index contributed by atoms with van der Waals surface area (Å²) >= 11 is 3.76. The first-order chi connectivity index (χ1) is 21.6. The first-order valence-corrected chi connectivity index (χ1v) is 16.4. The zero-order valence-corrected chi connectivity index (χ0v) is 27.9. The monoisotopic (exact) mass is 679 g/mol. The molecule has 0 aliphatic carbocycles. The predicted molar refractivity (Wildman–Crippen MR) is 178 cm³/mol. The number of aliphatic hydroxyl groups is 1. The fourth-order valence-electron chi connectivity index (χ4n) is 7.51. The number of halogens is 1. The molecule has 2 aromatic rings. The Hall–Kier alpha value is -3.47. The molecule has 2 bridgehead atoms. The summed E-state index contributed by atoms with van der Waals surface area (Å²) in [5.74, 6) is -2.06. The van der Waals surface area contributed by atoms with E-state index in [-0.39, 0.29) is 42.2 Å². The summed E-state index contributed by atoms with van der Waals surface area (Å²) in [6.07, 6.45) is 3.04. The van der Waals surface area contributed by atoms with E-state index in [1.807, 2.05) is 51.1 Å². The average Bonchev–Trinajstić information content (AvgIpc) is 3.62. The van der Waals surface area contributed by atoms with Crippen molar-refractivity contribution in [3.8, 4) is 5.75 Å². The molecule has 0 saturated carbocycles. The van der Waals surface area contributed by atoms with E-state index >= 15 is 0 Å². The van der Waals surface area contributed by atoms with Crippen LogP contribution in [0.25, 0.3) is 0 Å². The van der Waals surface area contributed by atoms with Crippen molar-refractivity contribution in [3.63, 3.8) is 0 Å². The number of alkyl halides is 1. The lowest BCUT2D eigenvalue weighted by molar-refractivity contribution is -0.143. The van der Waals surface area contributed by atoms with Crippen molar-refractivity contribution in [2.75, 3.05) is 36.1 Å². The van der Waals surface area contributed by atoms with Gasteiger partial charge in [0.05, 0.1) is 37.2 Å². The number of anilines is 2. The minimum atomic E-state index is -1.27. The number of aliphatic hydroxyl groups excluding tert-OH is 1. The zero-order chi connectivity index (χ0) is 32.6. The van der Waals surface area contributed by atoms with E-state index in [1.54, 1.807) is 41.0 Å². The number of hydrogen-bond acceptors (Lipinski definition) is 6. The van der Waals surface area contributed by atoms with Gasteiger partial charge in [0.1, 0.15) is 17.4 Å². The molecule has 10 heteroatoms. The number of nitrogens with zero attached hydrogens (tertiary/aromatic N) is 3. The van der Waals surface area contributed by atoms with Gasteiger partial charge in [-0.1, -0.05) is 46.3 Å². The summed E-state index contributed by atoms with van der Waals surface area (Å²) in [6.45, 7) is 15.9. The average molecular weight is 681 g/mol. The molecule has 1 N–H and O–H groups in total. The topological polar surface area (TPSA) is 99.6 Å². The minimum absolute atomic E-state index is 0.214. The van der Waals surface area contributed by atoms with Gasteiger partial charge in [0.15, 0.2) is 0 Å². The highest BCUT2D eigenvalue weighted by Gasteiger charge is 2.77. The predicted octanol–water partition coefficient (Wildman–Crippen LogP) is 4.57. The first-order valence-electron chi connectivity index (χ1n) is 15.4. The molecule has 3 heterocycles. The molecule has 3 aliphatic rings. The van der Waals surface area contributed by atoms with Crippen LogP contribution in [0.2, 0.25) is 0 Å². The second-order valence-electron chi connectivity index (χ2n) is 12.1. The Kier molecular flexibility index (Phi) is 9.58. The van der Waals surface area contributed by atoms with Crippen molar-refractivity contribution < 1.29 is 29.0 Å². The lowest BCUT2D eigenvalue weighted by Gasteiger charge is -2.39. The van der Waals surface area contributed by atoms with Gasteiger partial charge in [0.2, 0.25) is 11.8 Å². The highest BCUT2D eigenvalue weighted by atomic mass is 79.9. The number of para-hydroxylation sites is 1. The van der Waals surface area contributed by atoms with Crippen LogP contribution in [0.1, 0.15) is 31.4 Å². The summed E-state index contributed by atoms with van der Waals surface area (Å²) in [4.78, 5) is 48.4. The SMILES string of the molecule is C=CCN(C(=O)[C@H]1[C@H]2C(=O)N([C@H](C)CO)C(C(=O)N(CC=C)c3c(C)cccc3C)C23CC(Br)[C@@H]1O3)c1ccc(OCC)cc1. The molecule has 1 spiro atoms. The number of rotatable bonds is 12. The Morgan fingerprint density at radius 3 is 2.31 bits per heavy atom. The van der Waals surface area contributed by atoms with Crippen LogP contribution in [0.15, 0.2) is 67.8 Å². The molecule has 7 atom stereocenters. The molecule has 45 heavy (non-hydrogen) atoms. The van der Waals surface area contributed by atoms with E-state index in [4.69, 9.17) is 9.47 Å². The number of amides is 3. The highest BCUT2D eigenvalue weighted by molar-refractivity contribution is 9.09. The van der Waals surface area contributed by atoms with Crippen molar-refractivity contribution in [2.24, 2.45) is 11.8 Å². The quantitative estimate of drug-likeness (QED) is 0.261. The van der Waals surface area contributed by atoms with E-state index < -0.39 is 35.6 Å². The molecule has 3 fully saturated rings. The number of likely N-dealkylation sites (tertiary alicyclic amines) is 1. The fourth-order valence-corrected chi connectivity index (χ4v) is 8.45. The van der Waals surface area contributed by atoms with Gasteiger partial charge in [0.25, 0.3) is 5.91 Å². The molecule has 3 saturated heterocycles. The Balaban J connectivity index is 1.59. The van der Waals surface area contributed by atoms with Crippen molar-refractivity contribution in [1.82, 2.24) is 4.90 Å². The Morgan fingerprint density at radius 2 is 1.73 bits per heavy atom. The van der Waals surface area contributed by atoms with Gasteiger partial charge >= 0.3 is 0 Å². The van der Waals surface area contributed by atoms with E-state index in [0.717, 1.165) is 16.8 Å². The number of ether oxygens (including phenoxy) is 2. The Bertz CT molecular complexity index is 1460. The molecule has 5 rings (SSSR count). The third-order valence-electron chi connectivity index (χ3n) is 9.31. The Morgan fingerprint density at radius 1 is 1.11 bits per heavy atom. The molecular weight excluding hydrogens is 638 g/mol. The fraction of sp³-hybridized carbons (Fsp3) is 0.457. The van der Waals surface area contributed by atoms with Crippen molar-refractivity contribution in [2.45, 2.75) is 62.7 Å². The van der Waals surface area contributed by atoms with Crippen LogP contribution in [-0.4, -0.2) is 82.6 Å². The maximum absolute atomic E-state index is 14.9. The van der Waals surface area contributed by atoms with Crippen LogP contribution < -0.4 is 14.5 Å². The molecule has 240 valence electrons. The van der Waals surface area contributed by atoms with Gasteiger partial charge in [-0.15, -0.1) is 13.2 Å². The van der Waals surface area contributed by atoms with E-state index in [0.29, 0.717) is 24.5 Å². The third-order valence-corrected chi connectivity index (χ3v) is 10.2. The largest absolute Gasteiger partial charge is 0.494 e. The molecule has 3 amide bonds. The number of carbonyl (C=O) groups is 3. The van der Waals surface area contributed by atoms with Gasteiger partial charge < -0.3 is 29.3 Å². The molecule has 9 nitrogen and oxygen atoms in total. The van der Waals surface area contributed by atoms with Crippen molar-refractivity contribution >= 4 is 45.0 Å². The molecule has 3 aliphatic heterocycles. The number of hydrogen-bond donors (Lipinski definition) is 1. The number of aryl methyl sites for hydroxylation is 2. The van der Waals surface area contributed by atoms with Gasteiger partial charge in [-0.05, 0) is 69.5 Å². The van der Waals surface area contributed by atoms with Gasteiger partial charge in [0, 0.05) is 29.3 Å². The normalized spacial score (nSPS) is 27.2. The van der Waals surface area contributed by atoms with Crippen LogP contribution in [0, 0.1) is 25.7 Å². The summed E-state index contributed by atoms with van der Waals surface area (Å²) in [5, 5.41) is 10.3. The maximum atomic E-state index is 14.9. The molecule has 0 aromatic heterocycles. The summed E-state index contributed by atoms with van der Waals surface area (Å²) in [6, 6.07) is 11.3. The first kappa shape index (κ1) is 32.9. The number of carbonyl (C=O) groups excluding carboxylic acids is 3. The lowest BCUT2D eigenvalue weighted by atomic mass is 9.70. The van der Waals surface area contributed by atoms with Gasteiger partial charge in [-0.2, -0.15) is 0 Å². The van der Waals surface area contributed by atoms with Crippen molar-refractivity contribution in [3.05, 3.63) is 78.9 Å². The van der Waals surface area contributed by atoms with Crippen LogP contribution >= 0.6 is 15.9 Å². The maximum Gasteiger partial charge on any atom is 0.253 e. The second kappa shape index (κ2) is 13.1. The zero-order valence-electron chi connectivity index (χ0n) is 26.3. The second-order valence-corrected chi connectivity index (χ2v) is 13.3. The van der Waals surface area contributed by atoms with Crippen LogP contribution in [0.3, 0.4) is 0 Å². The van der Waals surface area contributed by atoms with Gasteiger partial charge in [-0.25, -0.2) is 0 Å². The molecular formula is C35H42BrN3O6. The third kappa shape index (κ3) is 5.40. The van der Waals surface area contributed by atoms with E-state index in [1.165, 1.54) is 4.90 Å². The molecule has 0 radical (unpaired) electrons. The summed E-state index contributed by atoms with van der Waals surface area (Å²) in [7, 11) is 0. The van der Waals surface area contributed by atoms with E-state index in [9.17, 15) is 19.5 Å². The number of fused-ring (bicyclic) bond motifs is 1.